The molecule has 30 heavy (non-hydrogen) atoms. The van der Waals surface area contributed by atoms with Gasteiger partial charge in [0.15, 0.2) is 0 Å². The highest BCUT2D eigenvalue weighted by Crippen LogP contribution is 2.25. The summed E-state index contributed by atoms with van der Waals surface area (Å²) in [5, 5.41) is 6.49. The molecule has 3 rings (SSSR count). The van der Waals surface area contributed by atoms with Crippen LogP contribution < -0.4 is 10.6 Å². The van der Waals surface area contributed by atoms with Gasteiger partial charge < -0.3 is 15.1 Å². The molecule has 2 amide bonds. The first kappa shape index (κ1) is 22.4. The Morgan fingerprint density at radius 3 is 2.43 bits per heavy atom. The van der Waals surface area contributed by atoms with Crippen LogP contribution in [0.1, 0.15) is 55.3 Å². The van der Waals surface area contributed by atoms with Crippen molar-refractivity contribution >= 4 is 23.4 Å². The highest BCUT2D eigenvalue weighted by Gasteiger charge is 2.28. The van der Waals surface area contributed by atoms with E-state index in [9.17, 15) is 9.59 Å². The van der Waals surface area contributed by atoms with E-state index >= 15 is 0 Å². The lowest BCUT2D eigenvalue weighted by atomic mass is 10.0. The standard InChI is InChI=1S/C23H30ClN3O3/c1-16(2)14-19(26-22(28)17-7-9-18(24)10-8-17)23(29)25-15-20(21-6-5-13-30-21)27-11-3-4-12-27/h5-10,13,16,19-20H,3-4,11-12,14-15H2,1-2H3,(H,25,29)(H,26,28). The van der Waals surface area contributed by atoms with Gasteiger partial charge in [-0.25, -0.2) is 0 Å². The second kappa shape index (κ2) is 10.6. The van der Waals surface area contributed by atoms with E-state index in [1.165, 1.54) is 0 Å². The van der Waals surface area contributed by atoms with E-state index in [1.54, 1.807) is 30.5 Å². The number of rotatable bonds is 9. The summed E-state index contributed by atoms with van der Waals surface area (Å²) in [7, 11) is 0. The van der Waals surface area contributed by atoms with E-state index < -0.39 is 6.04 Å². The third kappa shape index (κ3) is 6.09. The Labute approximate surface area is 183 Å². The van der Waals surface area contributed by atoms with Crippen molar-refractivity contribution in [3.63, 3.8) is 0 Å². The van der Waals surface area contributed by atoms with E-state index in [0.717, 1.165) is 31.7 Å². The third-order valence-electron chi connectivity index (χ3n) is 5.36. The third-order valence-corrected chi connectivity index (χ3v) is 5.61. The Bertz CT molecular complexity index is 815. The predicted molar refractivity (Wildman–Crippen MR) is 117 cm³/mol. The maximum absolute atomic E-state index is 13.0. The van der Waals surface area contributed by atoms with E-state index in [-0.39, 0.29) is 23.8 Å². The first-order valence-corrected chi connectivity index (χ1v) is 10.9. The van der Waals surface area contributed by atoms with Crippen LogP contribution in [0.5, 0.6) is 0 Å². The van der Waals surface area contributed by atoms with Crippen molar-refractivity contribution in [3.05, 3.63) is 59.0 Å². The molecule has 7 heteroatoms. The number of carbonyl (C=O) groups excluding carboxylic acids is 2. The Morgan fingerprint density at radius 1 is 1.13 bits per heavy atom. The van der Waals surface area contributed by atoms with Gasteiger partial charge in [-0.2, -0.15) is 0 Å². The number of nitrogens with one attached hydrogen (secondary N) is 2. The van der Waals surface area contributed by atoms with Crippen LogP contribution in [-0.2, 0) is 4.79 Å². The molecule has 2 N–H and O–H groups in total. The molecular weight excluding hydrogens is 402 g/mol. The average molecular weight is 432 g/mol. The number of likely N-dealkylation sites (tertiary alicyclic amines) is 1. The highest BCUT2D eigenvalue weighted by molar-refractivity contribution is 6.30. The van der Waals surface area contributed by atoms with Crippen molar-refractivity contribution in [3.8, 4) is 0 Å². The van der Waals surface area contributed by atoms with Crippen molar-refractivity contribution in [2.24, 2.45) is 5.92 Å². The van der Waals surface area contributed by atoms with Crippen LogP contribution in [0.2, 0.25) is 5.02 Å². The van der Waals surface area contributed by atoms with Crippen molar-refractivity contribution in [2.75, 3.05) is 19.6 Å². The van der Waals surface area contributed by atoms with Crippen LogP contribution in [-0.4, -0.2) is 42.4 Å². The summed E-state index contributed by atoms with van der Waals surface area (Å²) in [6.45, 7) is 6.49. The lowest BCUT2D eigenvalue weighted by Gasteiger charge is -2.27. The summed E-state index contributed by atoms with van der Waals surface area (Å²) in [6, 6.07) is 9.85. The summed E-state index contributed by atoms with van der Waals surface area (Å²) in [5.41, 5.74) is 0.478. The summed E-state index contributed by atoms with van der Waals surface area (Å²) in [6.07, 6.45) is 4.52. The normalized spacial score (nSPS) is 16.4. The molecule has 0 saturated carbocycles. The number of carbonyl (C=O) groups is 2. The summed E-state index contributed by atoms with van der Waals surface area (Å²) < 4.78 is 5.62. The first-order valence-electron chi connectivity index (χ1n) is 10.6. The lowest BCUT2D eigenvalue weighted by Crippen LogP contribution is -2.49. The van der Waals surface area contributed by atoms with Crippen LogP contribution in [0.25, 0.3) is 0 Å². The monoisotopic (exact) mass is 431 g/mol. The number of amides is 2. The molecule has 2 atom stereocenters. The number of benzene rings is 1. The molecule has 1 aromatic carbocycles. The molecule has 1 aromatic heterocycles. The minimum atomic E-state index is -0.607. The van der Waals surface area contributed by atoms with Crippen LogP contribution in [0.4, 0.5) is 0 Å². The van der Waals surface area contributed by atoms with Gasteiger partial charge in [0.25, 0.3) is 5.91 Å². The van der Waals surface area contributed by atoms with Crippen molar-refractivity contribution in [1.82, 2.24) is 15.5 Å². The van der Waals surface area contributed by atoms with Gasteiger partial charge in [0.05, 0.1) is 12.3 Å². The number of halogens is 1. The highest BCUT2D eigenvalue weighted by atomic mass is 35.5. The molecule has 6 nitrogen and oxygen atoms in total. The number of nitrogens with zero attached hydrogens (tertiary/aromatic N) is 1. The molecular formula is C23H30ClN3O3. The molecule has 1 fully saturated rings. The Balaban J connectivity index is 1.65. The van der Waals surface area contributed by atoms with Gasteiger partial charge >= 0.3 is 0 Å². The minimum Gasteiger partial charge on any atom is -0.468 e. The topological polar surface area (TPSA) is 74.6 Å². The second-order valence-corrected chi connectivity index (χ2v) is 8.62. The fourth-order valence-electron chi connectivity index (χ4n) is 3.81. The number of furan rings is 1. The van der Waals surface area contributed by atoms with E-state index in [0.29, 0.717) is 23.6 Å². The maximum atomic E-state index is 13.0. The minimum absolute atomic E-state index is 0.00174. The van der Waals surface area contributed by atoms with E-state index in [1.807, 2.05) is 26.0 Å². The smallest absolute Gasteiger partial charge is 0.251 e. The average Bonchev–Trinajstić information content (AvgIpc) is 3.42. The SMILES string of the molecule is CC(C)CC(NC(=O)c1ccc(Cl)cc1)C(=O)NCC(c1ccco1)N1CCCC1. The van der Waals surface area contributed by atoms with Gasteiger partial charge in [-0.1, -0.05) is 25.4 Å². The van der Waals surface area contributed by atoms with Crippen molar-refractivity contribution in [1.29, 1.82) is 0 Å². The molecule has 1 aliphatic heterocycles. The largest absolute Gasteiger partial charge is 0.468 e. The lowest BCUT2D eigenvalue weighted by molar-refractivity contribution is -0.123. The summed E-state index contributed by atoms with van der Waals surface area (Å²) in [4.78, 5) is 28.0. The van der Waals surface area contributed by atoms with Gasteiger partial charge in [0.1, 0.15) is 11.8 Å². The van der Waals surface area contributed by atoms with Crippen molar-refractivity contribution in [2.45, 2.75) is 45.2 Å². The number of hydrogen-bond donors (Lipinski definition) is 2. The van der Waals surface area contributed by atoms with Crippen molar-refractivity contribution < 1.29 is 14.0 Å². The molecule has 0 aliphatic carbocycles. The summed E-state index contributed by atoms with van der Waals surface area (Å²) in [5.74, 6) is 0.643. The molecule has 2 aromatic rings. The fourth-order valence-corrected chi connectivity index (χ4v) is 3.94. The summed E-state index contributed by atoms with van der Waals surface area (Å²) >= 11 is 5.90. The second-order valence-electron chi connectivity index (χ2n) is 8.18. The first-order chi connectivity index (χ1) is 14.4. The fraction of sp³-hybridized carbons (Fsp3) is 0.478. The molecule has 1 saturated heterocycles. The molecule has 0 bridgehead atoms. The van der Waals surface area contributed by atoms with Crippen LogP contribution in [0.15, 0.2) is 47.1 Å². The van der Waals surface area contributed by atoms with E-state index in [2.05, 4.69) is 15.5 Å². The molecule has 0 radical (unpaired) electrons. The predicted octanol–water partition coefficient (Wildman–Crippen LogP) is 4.03. The molecule has 162 valence electrons. The van der Waals surface area contributed by atoms with Crippen LogP contribution >= 0.6 is 11.6 Å². The Hall–Kier alpha value is -2.31. The molecule has 2 heterocycles. The Kier molecular flexibility index (Phi) is 7.94. The zero-order valence-electron chi connectivity index (χ0n) is 17.6. The van der Waals surface area contributed by atoms with E-state index in [4.69, 9.17) is 16.0 Å². The Morgan fingerprint density at radius 2 is 1.83 bits per heavy atom. The molecule has 2 unspecified atom stereocenters. The molecule has 0 spiro atoms. The van der Waals surface area contributed by atoms with Gasteiger partial charge in [0, 0.05) is 17.1 Å². The number of hydrogen-bond acceptors (Lipinski definition) is 4. The van der Waals surface area contributed by atoms with Gasteiger partial charge in [-0.3, -0.25) is 14.5 Å². The van der Waals surface area contributed by atoms with Gasteiger partial charge in [0.2, 0.25) is 5.91 Å². The zero-order chi connectivity index (χ0) is 21.5. The zero-order valence-corrected chi connectivity index (χ0v) is 18.3. The molecule has 1 aliphatic rings. The maximum Gasteiger partial charge on any atom is 0.251 e. The van der Waals surface area contributed by atoms with Crippen LogP contribution in [0.3, 0.4) is 0 Å². The van der Waals surface area contributed by atoms with Crippen LogP contribution in [0, 0.1) is 5.92 Å². The van der Waals surface area contributed by atoms with Gasteiger partial charge in [-0.15, -0.1) is 0 Å². The van der Waals surface area contributed by atoms with Gasteiger partial charge in [-0.05, 0) is 74.7 Å². The quantitative estimate of drug-likeness (QED) is 0.628.